The molecule has 2 aromatic rings. The van der Waals surface area contributed by atoms with E-state index in [4.69, 9.17) is 14.7 Å². The van der Waals surface area contributed by atoms with E-state index < -0.39 is 0 Å². The van der Waals surface area contributed by atoms with Crippen molar-refractivity contribution in [3.63, 3.8) is 0 Å². The first-order valence-electron chi connectivity index (χ1n) is 10.3. The minimum Gasteiger partial charge on any atom is -0.396 e. The monoisotopic (exact) mass is 388 g/mol. The zero-order valence-corrected chi connectivity index (χ0v) is 16.6. The minimum atomic E-state index is 0.271. The van der Waals surface area contributed by atoms with Crippen LogP contribution in [0.1, 0.15) is 35.5 Å². The second-order valence-corrected chi connectivity index (χ2v) is 9.11. The van der Waals surface area contributed by atoms with E-state index in [-0.39, 0.29) is 6.61 Å². The molecule has 2 aromatic heterocycles. The number of hydrogen-bond donors (Lipinski definition) is 1. The molecule has 6 nitrogen and oxygen atoms in total. The topological polar surface area (TPSA) is 61.7 Å². The number of aryl methyl sites for hydroxylation is 2. The van der Waals surface area contributed by atoms with Gasteiger partial charge in [-0.15, -0.1) is 11.3 Å². The molecule has 0 amide bonds. The normalized spacial score (nSPS) is 23.9. The maximum absolute atomic E-state index is 9.68. The number of nitrogens with zero attached hydrogens (tertiary/aromatic N) is 4. The second-order valence-electron chi connectivity index (χ2n) is 8.03. The molecule has 7 heteroatoms. The maximum atomic E-state index is 9.68. The Morgan fingerprint density at radius 2 is 2.00 bits per heavy atom. The van der Waals surface area contributed by atoms with Crippen LogP contribution >= 0.6 is 11.3 Å². The minimum absolute atomic E-state index is 0.271. The lowest BCUT2D eigenvalue weighted by Crippen LogP contribution is -2.38. The van der Waals surface area contributed by atoms with E-state index in [1.165, 1.54) is 33.5 Å². The number of ether oxygens (including phenoxy) is 1. The summed E-state index contributed by atoms with van der Waals surface area (Å²) in [6.45, 7) is 6.51. The fourth-order valence-corrected chi connectivity index (χ4v) is 5.96. The van der Waals surface area contributed by atoms with Crippen molar-refractivity contribution in [3.8, 4) is 0 Å². The van der Waals surface area contributed by atoms with Gasteiger partial charge >= 0.3 is 0 Å². The van der Waals surface area contributed by atoms with Crippen LogP contribution in [0.25, 0.3) is 10.2 Å². The summed E-state index contributed by atoms with van der Waals surface area (Å²) < 4.78 is 5.48. The molecule has 146 valence electrons. The second kappa shape index (κ2) is 7.62. The van der Waals surface area contributed by atoms with Crippen molar-refractivity contribution in [2.45, 2.75) is 38.6 Å². The lowest BCUT2D eigenvalue weighted by molar-refractivity contribution is 0.0331. The molecule has 0 radical (unpaired) electrons. The highest BCUT2D eigenvalue weighted by Gasteiger charge is 2.28. The molecule has 1 aliphatic carbocycles. The van der Waals surface area contributed by atoms with E-state index in [0.29, 0.717) is 5.92 Å². The number of morpholine rings is 1. The van der Waals surface area contributed by atoms with Crippen molar-refractivity contribution >= 4 is 27.4 Å². The number of hydrogen-bond acceptors (Lipinski definition) is 7. The quantitative estimate of drug-likeness (QED) is 0.867. The fraction of sp³-hybridized carbons (Fsp3) is 0.700. The van der Waals surface area contributed by atoms with Crippen LogP contribution in [-0.4, -0.2) is 66.0 Å². The molecule has 1 N–H and O–H groups in total. The van der Waals surface area contributed by atoms with E-state index in [2.05, 4.69) is 9.80 Å². The van der Waals surface area contributed by atoms with E-state index in [0.717, 1.165) is 76.8 Å². The van der Waals surface area contributed by atoms with Gasteiger partial charge in [-0.05, 0) is 43.6 Å². The van der Waals surface area contributed by atoms with E-state index in [1.54, 1.807) is 0 Å². The van der Waals surface area contributed by atoms with Crippen molar-refractivity contribution in [3.05, 3.63) is 16.3 Å². The Balaban J connectivity index is 1.53. The first-order valence-corrected chi connectivity index (χ1v) is 11.1. The zero-order chi connectivity index (χ0) is 18.2. The molecule has 27 heavy (non-hydrogen) atoms. The van der Waals surface area contributed by atoms with Gasteiger partial charge in [0.15, 0.2) is 0 Å². The molecule has 1 atom stereocenters. The Hall–Kier alpha value is -1.28. The smallest absolute Gasteiger partial charge is 0.146 e. The first kappa shape index (κ1) is 17.8. The van der Waals surface area contributed by atoms with Gasteiger partial charge in [0, 0.05) is 37.7 Å². The summed E-state index contributed by atoms with van der Waals surface area (Å²) in [6.07, 6.45) is 5.84. The fourth-order valence-electron chi connectivity index (χ4n) is 4.68. The number of aliphatic hydroxyl groups is 1. The predicted octanol–water partition coefficient (Wildman–Crippen LogP) is 2.22. The number of aromatic nitrogens is 2. The van der Waals surface area contributed by atoms with Gasteiger partial charge in [0.2, 0.25) is 0 Å². The molecule has 0 saturated carbocycles. The van der Waals surface area contributed by atoms with Crippen LogP contribution < -0.4 is 4.90 Å². The lowest BCUT2D eigenvalue weighted by Gasteiger charge is -2.33. The van der Waals surface area contributed by atoms with Crippen LogP contribution in [0, 0.1) is 5.92 Å². The van der Waals surface area contributed by atoms with Gasteiger partial charge in [0.05, 0.1) is 25.1 Å². The number of anilines is 1. The SMILES string of the molecule is OC[C@@H]1CCCN(c2nc(CN3CCOCC3)nc3sc4c(c23)CCC4)C1. The Morgan fingerprint density at radius 1 is 1.11 bits per heavy atom. The third kappa shape index (κ3) is 3.46. The largest absolute Gasteiger partial charge is 0.396 e. The average molecular weight is 389 g/mol. The molecule has 3 aliphatic rings. The van der Waals surface area contributed by atoms with Gasteiger partial charge in [-0.2, -0.15) is 0 Å². The highest BCUT2D eigenvalue weighted by Crippen LogP contribution is 2.41. The number of fused-ring (bicyclic) bond motifs is 3. The summed E-state index contributed by atoms with van der Waals surface area (Å²) in [4.78, 5) is 17.6. The van der Waals surface area contributed by atoms with Crippen molar-refractivity contribution in [2.75, 3.05) is 50.9 Å². The molecule has 0 aromatic carbocycles. The lowest BCUT2D eigenvalue weighted by atomic mass is 9.98. The van der Waals surface area contributed by atoms with Gasteiger partial charge in [-0.3, -0.25) is 4.90 Å². The van der Waals surface area contributed by atoms with Gasteiger partial charge in [0.25, 0.3) is 0 Å². The first-order chi connectivity index (χ1) is 13.3. The van der Waals surface area contributed by atoms with E-state index in [9.17, 15) is 5.11 Å². The number of piperidine rings is 1. The third-order valence-corrected chi connectivity index (χ3v) is 7.32. The summed E-state index contributed by atoms with van der Waals surface area (Å²) in [7, 11) is 0. The van der Waals surface area contributed by atoms with Crippen molar-refractivity contribution in [1.29, 1.82) is 0 Å². The Bertz CT molecular complexity index is 818. The number of thiophene rings is 1. The summed E-state index contributed by atoms with van der Waals surface area (Å²) in [5, 5.41) is 11.0. The number of rotatable bonds is 4. The molecule has 0 unspecified atom stereocenters. The molecule has 2 saturated heterocycles. The molecule has 2 fully saturated rings. The van der Waals surface area contributed by atoms with Crippen LogP contribution in [0.15, 0.2) is 0 Å². The molecular formula is C20H28N4O2S. The molecule has 0 bridgehead atoms. The highest BCUT2D eigenvalue weighted by atomic mass is 32.1. The molecule has 2 aliphatic heterocycles. The average Bonchev–Trinajstić information content (AvgIpc) is 3.29. The Morgan fingerprint density at radius 3 is 2.85 bits per heavy atom. The Kier molecular flexibility index (Phi) is 5.02. The van der Waals surface area contributed by atoms with Crippen molar-refractivity contribution in [2.24, 2.45) is 5.92 Å². The van der Waals surface area contributed by atoms with Crippen molar-refractivity contribution < 1.29 is 9.84 Å². The van der Waals surface area contributed by atoms with Gasteiger partial charge in [0.1, 0.15) is 16.5 Å². The summed E-state index contributed by atoms with van der Waals surface area (Å²) in [5.74, 6) is 2.42. The van der Waals surface area contributed by atoms with Crippen LogP contribution in [0.3, 0.4) is 0 Å². The predicted molar refractivity (Wildman–Crippen MR) is 108 cm³/mol. The van der Waals surface area contributed by atoms with Gasteiger partial charge in [-0.25, -0.2) is 9.97 Å². The molecular weight excluding hydrogens is 360 g/mol. The van der Waals surface area contributed by atoms with Crippen LogP contribution in [-0.2, 0) is 24.1 Å². The van der Waals surface area contributed by atoms with Crippen LogP contribution in [0.2, 0.25) is 0 Å². The number of aliphatic hydroxyl groups excluding tert-OH is 1. The van der Waals surface area contributed by atoms with Crippen LogP contribution in [0.4, 0.5) is 5.82 Å². The summed E-state index contributed by atoms with van der Waals surface area (Å²) in [6, 6.07) is 0. The standard InChI is InChI=1S/C20H28N4O2S/c25-13-14-3-2-6-24(11-14)19-18-15-4-1-5-16(15)27-20(18)22-17(21-19)12-23-7-9-26-10-8-23/h14,25H,1-13H2/t14-/m1/s1. The van der Waals surface area contributed by atoms with Gasteiger partial charge < -0.3 is 14.7 Å². The van der Waals surface area contributed by atoms with Crippen LogP contribution in [0.5, 0.6) is 0 Å². The highest BCUT2D eigenvalue weighted by molar-refractivity contribution is 7.19. The summed E-state index contributed by atoms with van der Waals surface area (Å²) >= 11 is 1.88. The maximum Gasteiger partial charge on any atom is 0.146 e. The Labute approximate surface area is 164 Å². The molecule has 0 spiro atoms. The van der Waals surface area contributed by atoms with Crippen molar-refractivity contribution in [1.82, 2.24) is 14.9 Å². The molecule has 5 rings (SSSR count). The molecule has 4 heterocycles. The third-order valence-electron chi connectivity index (χ3n) is 6.14. The summed E-state index contributed by atoms with van der Waals surface area (Å²) in [5.41, 5.74) is 1.49. The van der Waals surface area contributed by atoms with E-state index >= 15 is 0 Å². The van der Waals surface area contributed by atoms with Gasteiger partial charge in [-0.1, -0.05) is 0 Å². The van der Waals surface area contributed by atoms with E-state index in [1.807, 2.05) is 11.3 Å². The zero-order valence-electron chi connectivity index (χ0n) is 15.8.